The lowest BCUT2D eigenvalue weighted by atomic mass is 10.4. The zero-order chi connectivity index (χ0) is 12.3. The summed E-state index contributed by atoms with van der Waals surface area (Å²) < 4.78 is 4.88. The fraction of sp³-hybridized carbons (Fsp3) is 0. The Kier molecular flexibility index (Phi) is 2.82. The molecule has 0 aliphatic heterocycles. The third-order valence-corrected chi connectivity index (χ3v) is 1.95. The number of nitrogens with one attached hydrogen (secondary N) is 1. The highest BCUT2D eigenvalue weighted by molar-refractivity contribution is 6.01. The average molecular weight is 233 g/mol. The van der Waals surface area contributed by atoms with E-state index in [-0.39, 0.29) is 17.3 Å². The molecule has 2 aromatic rings. The molecule has 0 bridgehead atoms. The van der Waals surface area contributed by atoms with E-state index in [0.29, 0.717) is 0 Å². The smallest absolute Gasteiger partial charge is 0.292 e. The summed E-state index contributed by atoms with van der Waals surface area (Å²) in [4.78, 5) is 25.1. The number of furan rings is 1. The first-order chi connectivity index (χ1) is 8.16. The predicted octanol–water partition coefficient (Wildman–Crippen LogP) is 1.84. The maximum atomic E-state index is 11.5. The second-order valence-electron chi connectivity index (χ2n) is 3.09. The zero-order valence-electron chi connectivity index (χ0n) is 8.49. The lowest BCUT2D eigenvalue weighted by Gasteiger charge is -2.00. The Hall–Kier alpha value is -2.70. The summed E-state index contributed by atoms with van der Waals surface area (Å²) in [5, 5.41) is 12.8. The van der Waals surface area contributed by atoms with Crippen LogP contribution in [0.5, 0.6) is 0 Å². The van der Waals surface area contributed by atoms with Crippen molar-refractivity contribution in [3.05, 3.63) is 52.6 Å². The van der Waals surface area contributed by atoms with Gasteiger partial charge < -0.3 is 9.73 Å². The molecule has 2 aromatic heterocycles. The third-order valence-electron chi connectivity index (χ3n) is 1.95. The summed E-state index contributed by atoms with van der Waals surface area (Å²) in [5.74, 6) is -0.0986. The molecule has 0 saturated heterocycles. The summed E-state index contributed by atoms with van der Waals surface area (Å²) in [6.07, 6.45) is 2.44. The van der Waals surface area contributed by atoms with Gasteiger partial charge in [-0.05, 0) is 18.2 Å². The van der Waals surface area contributed by atoms with Gasteiger partial charge in [0.1, 0.15) is 12.0 Å². The quantitative estimate of drug-likeness (QED) is 0.644. The zero-order valence-corrected chi connectivity index (χ0v) is 8.49. The Labute approximate surface area is 95.2 Å². The van der Waals surface area contributed by atoms with Gasteiger partial charge in [0, 0.05) is 6.07 Å². The van der Waals surface area contributed by atoms with E-state index < -0.39 is 10.8 Å². The van der Waals surface area contributed by atoms with Crippen LogP contribution in [0.25, 0.3) is 0 Å². The van der Waals surface area contributed by atoms with Crippen LogP contribution in [0, 0.1) is 10.1 Å². The Balaban J connectivity index is 2.09. The lowest BCUT2D eigenvalue weighted by Crippen LogP contribution is -2.11. The largest absolute Gasteiger partial charge is 0.459 e. The molecule has 0 aliphatic carbocycles. The van der Waals surface area contributed by atoms with E-state index in [1.165, 1.54) is 24.5 Å². The molecular formula is C10H7N3O4. The van der Waals surface area contributed by atoms with E-state index >= 15 is 0 Å². The van der Waals surface area contributed by atoms with Crippen LogP contribution in [0.4, 0.5) is 11.5 Å². The molecule has 2 heterocycles. The number of nitrogens with zero attached hydrogens (tertiary/aromatic N) is 2. The van der Waals surface area contributed by atoms with Crippen molar-refractivity contribution in [2.24, 2.45) is 0 Å². The fourth-order valence-corrected chi connectivity index (χ4v) is 1.15. The van der Waals surface area contributed by atoms with Gasteiger partial charge in [0.25, 0.3) is 11.6 Å². The van der Waals surface area contributed by atoms with Gasteiger partial charge in [0.05, 0.1) is 11.2 Å². The number of pyridine rings is 1. The molecule has 17 heavy (non-hydrogen) atoms. The molecular weight excluding hydrogens is 226 g/mol. The van der Waals surface area contributed by atoms with E-state index in [1.54, 1.807) is 6.07 Å². The summed E-state index contributed by atoms with van der Waals surface area (Å²) in [6, 6.07) is 5.68. The second kappa shape index (κ2) is 4.44. The molecule has 7 nitrogen and oxygen atoms in total. The van der Waals surface area contributed by atoms with Crippen LogP contribution in [0.3, 0.4) is 0 Å². The highest BCUT2D eigenvalue weighted by Crippen LogP contribution is 2.12. The van der Waals surface area contributed by atoms with Crippen molar-refractivity contribution < 1.29 is 14.1 Å². The van der Waals surface area contributed by atoms with Crippen LogP contribution in [-0.4, -0.2) is 15.8 Å². The van der Waals surface area contributed by atoms with E-state index in [9.17, 15) is 14.9 Å². The van der Waals surface area contributed by atoms with Crippen LogP contribution >= 0.6 is 0 Å². The maximum absolute atomic E-state index is 11.5. The number of nitro groups is 1. The minimum absolute atomic E-state index is 0.138. The van der Waals surface area contributed by atoms with Gasteiger partial charge in [-0.1, -0.05) is 0 Å². The monoisotopic (exact) mass is 233 g/mol. The fourth-order valence-electron chi connectivity index (χ4n) is 1.15. The van der Waals surface area contributed by atoms with Crippen LogP contribution in [0.2, 0.25) is 0 Å². The first-order valence-corrected chi connectivity index (χ1v) is 4.62. The van der Waals surface area contributed by atoms with Crippen molar-refractivity contribution >= 4 is 17.4 Å². The van der Waals surface area contributed by atoms with Crippen molar-refractivity contribution in [2.45, 2.75) is 0 Å². The van der Waals surface area contributed by atoms with Gasteiger partial charge in [-0.15, -0.1) is 0 Å². The average Bonchev–Trinajstić information content (AvgIpc) is 2.83. The number of anilines is 1. The minimum atomic E-state index is -0.564. The Morgan fingerprint density at radius 3 is 2.76 bits per heavy atom. The molecule has 86 valence electrons. The first-order valence-electron chi connectivity index (χ1n) is 4.62. The lowest BCUT2D eigenvalue weighted by molar-refractivity contribution is -0.385. The highest BCUT2D eigenvalue weighted by atomic mass is 16.6. The molecule has 0 saturated carbocycles. The molecule has 0 unspecified atom stereocenters. The molecule has 0 aliphatic rings. The Morgan fingerprint density at radius 1 is 1.41 bits per heavy atom. The number of hydrogen-bond acceptors (Lipinski definition) is 5. The normalized spacial score (nSPS) is 9.88. The summed E-state index contributed by atoms with van der Waals surface area (Å²) >= 11 is 0. The maximum Gasteiger partial charge on any atom is 0.292 e. The predicted molar refractivity (Wildman–Crippen MR) is 57.6 cm³/mol. The molecule has 7 heteroatoms. The number of carbonyl (C=O) groups is 1. The van der Waals surface area contributed by atoms with Crippen LogP contribution in [0.1, 0.15) is 10.6 Å². The number of amides is 1. The van der Waals surface area contributed by atoms with Gasteiger partial charge in [-0.25, -0.2) is 4.98 Å². The third kappa shape index (κ3) is 2.46. The van der Waals surface area contributed by atoms with Gasteiger partial charge in [-0.2, -0.15) is 0 Å². The van der Waals surface area contributed by atoms with Crippen molar-refractivity contribution in [3.8, 4) is 0 Å². The van der Waals surface area contributed by atoms with Crippen LogP contribution in [0.15, 0.2) is 41.1 Å². The van der Waals surface area contributed by atoms with E-state index in [1.807, 2.05) is 0 Å². The van der Waals surface area contributed by atoms with Gasteiger partial charge in [0.2, 0.25) is 0 Å². The highest BCUT2D eigenvalue weighted by Gasteiger charge is 2.10. The molecule has 2 rings (SSSR count). The van der Waals surface area contributed by atoms with Crippen LogP contribution < -0.4 is 5.32 Å². The minimum Gasteiger partial charge on any atom is -0.459 e. The molecule has 0 atom stereocenters. The van der Waals surface area contributed by atoms with Crippen molar-refractivity contribution in [1.82, 2.24) is 4.98 Å². The number of carbonyl (C=O) groups excluding carboxylic acids is 1. The number of hydrogen-bond donors (Lipinski definition) is 1. The number of rotatable bonds is 3. The van der Waals surface area contributed by atoms with Crippen molar-refractivity contribution in [2.75, 3.05) is 5.32 Å². The van der Waals surface area contributed by atoms with E-state index in [0.717, 1.165) is 6.20 Å². The van der Waals surface area contributed by atoms with Crippen molar-refractivity contribution in [3.63, 3.8) is 0 Å². The number of aromatic nitrogens is 1. The summed E-state index contributed by atoms with van der Waals surface area (Å²) in [5.41, 5.74) is -0.138. The molecule has 0 fully saturated rings. The molecule has 0 radical (unpaired) electrons. The second-order valence-corrected chi connectivity index (χ2v) is 3.09. The molecule has 0 spiro atoms. The standard InChI is InChI=1S/C10H7N3O4/c14-10(8-2-1-5-17-8)12-9-4-3-7(6-11-9)13(15)16/h1-6H,(H,11,12,14). The topological polar surface area (TPSA) is 98.3 Å². The summed E-state index contributed by atoms with van der Waals surface area (Å²) in [7, 11) is 0. The van der Waals surface area contributed by atoms with Gasteiger partial charge in [-0.3, -0.25) is 14.9 Å². The van der Waals surface area contributed by atoms with Crippen LogP contribution in [-0.2, 0) is 0 Å². The van der Waals surface area contributed by atoms with E-state index in [2.05, 4.69) is 10.3 Å². The SMILES string of the molecule is O=C(Nc1ccc([N+](=O)[O-])cn1)c1ccco1. The molecule has 1 N–H and O–H groups in total. The molecule has 1 amide bonds. The van der Waals surface area contributed by atoms with Gasteiger partial charge in [0.15, 0.2) is 5.76 Å². The summed E-state index contributed by atoms with van der Waals surface area (Å²) in [6.45, 7) is 0. The Morgan fingerprint density at radius 2 is 2.24 bits per heavy atom. The Bertz CT molecular complexity index is 533. The van der Waals surface area contributed by atoms with Gasteiger partial charge >= 0.3 is 0 Å². The molecule has 0 aromatic carbocycles. The first kappa shape index (κ1) is 10.8. The van der Waals surface area contributed by atoms with E-state index in [4.69, 9.17) is 4.42 Å². The van der Waals surface area contributed by atoms with Crippen molar-refractivity contribution in [1.29, 1.82) is 0 Å².